The smallest absolute Gasteiger partial charge is 0.358 e. The van der Waals surface area contributed by atoms with Gasteiger partial charge in [-0.25, -0.2) is 9.78 Å². The summed E-state index contributed by atoms with van der Waals surface area (Å²) in [6.07, 6.45) is 0. The van der Waals surface area contributed by atoms with Gasteiger partial charge >= 0.3 is 5.97 Å². The van der Waals surface area contributed by atoms with Gasteiger partial charge in [0, 0.05) is 18.3 Å². The molecule has 0 unspecified atom stereocenters. The molecular formula is C13H11Br3N2O2S. The van der Waals surface area contributed by atoms with E-state index in [0.717, 1.165) is 24.0 Å². The van der Waals surface area contributed by atoms with Crippen LogP contribution in [0.4, 0.5) is 10.8 Å². The van der Waals surface area contributed by atoms with E-state index in [1.807, 2.05) is 19.1 Å². The Morgan fingerprint density at radius 1 is 1.33 bits per heavy atom. The predicted molar refractivity (Wildman–Crippen MR) is 95.6 cm³/mol. The van der Waals surface area contributed by atoms with E-state index in [-0.39, 0.29) is 0 Å². The quantitative estimate of drug-likeness (QED) is 0.553. The fourth-order valence-corrected chi connectivity index (χ4v) is 4.87. The predicted octanol–water partition coefficient (Wildman–Crippen LogP) is 5.66. The third-order valence-electron chi connectivity index (χ3n) is 2.50. The average molecular weight is 499 g/mol. The summed E-state index contributed by atoms with van der Waals surface area (Å²) in [4.78, 5) is 16.9. The summed E-state index contributed by atoms with van der Waals surface area (Å²) in [6.45, 7) is 3.96. The third-order valence-corrected chi connectivity index (χ3v) is 5.10. The summed E-state index contributed by atoms with van der Waals surface area (Å²) in [5.74, 6) is -0.395. The van der Waals surface area contributed by atoms with Crippen LogP contribution < -0.4 is 5.32 Å². The summed E-state index contributed by atoms with van der Waals surface area (Å²) in [7, 11) is 0. The fourth-order valence-electron chi connectivity index (χ4n) is 1.61. The summed E-state index contributed by atoms with van der Waals surface area (Å²) >= 11 is 11.8. The number of nitrogens with one attached hydrogen (secondary N) is 1. The first-order valence-corrected chi connectivity index (χ1v) is 9.18. The maximum Gasteiger partial charge on any atom is 0.358 e. The van der Waals surface area contributed by atoms with E-state index >= 15 is 0 Å². The Hall–Kier alpha value is -0.440. The van der Waals surface area contributed by atoms with Gasteiger partial charge in [0.25, 0.3) is 0 Å². The molecular weight excluding hydrogens is 488 g/mol. The lowest BCUT2D eigenvalue weighted by Crippen LogP contribution is -2.06. The molecule has 1 N–H and O–H groups in total. The molecule has 2 aromatic rings. The molecule has 0 saturated heterocycles. The Kier molecular flexibility index (Phi) is 5.81. The number of carbonyl (C=O) groups excluding carboxylic acids is 1. The Balaban J connectivity index is 2.29. The number of carbonyl (C=O) groups is 1. The van der Waals surface area contributed by atoms with Crippen LogP contribution in [0.3, 0.4) is 0 Å². The molecule has 2 rings (SSSR count). The second kappa shape index (κ2) is 7.21. The zero-order valence-corrected chi connectivity index (χ0v) is 16.7. The number of rotatable bonds is 4. The topological polar surface area (TPSA) is 51.2 Å². The molecule has 0 atom stereocenters. The molecule has 21 heavy (non-hydrogen) atoms. The van der Waals surface area contributed by atoms with Crippen molar-refractivity contribution in [3.8, 4) is 0 Å². The van der Waals surface area contributed by atoms with E-state index < -0.39 is 5.97 Å². The van der Waals surface area contributed by atoms with Gasteiger partial charge in [0.05, 0.1) is 12.3 Å². The van der Waals surface area contributed by atoms with Crippen LogP contribution in [0.2, 0.25) is 0 Å². The molecule has 0 radical (unpaired) electrons. The second-order valence-electron chi connectivity index (χ2n) is 4.01. The van der Waals surface area contributed by atoms with Crippen molar-refractivity contribution in [3.05, 3.63) is 36.1 Å². The number of thiazole rings is 1. The van der Waals surface area contributed by atoms with Gasteiger partial charge in [-0.3, -0.25) is 0 Å². The normalized spacial score (nSPS) is 10.5. The number of halogens is 3. The Labute approximate surface area is 151 Å². The lowest BCUT2D eigenvalue weighted by atomic mass is 10.3. The molecule has 0 fully saturated rings. The van der Waals surface area contributed by atoms with Crippen LogP contribution in [0.1, 0.15) is 22.3 Å². The molecule has 8 heteroatoms. The minimum atomic E-state index is -0.395. The van der Waals surface area contributed by atoms with Crippen molar-refractivity contribution in [1.82, 2.24) is 4.98 Å². The van der Waals surface area contributed by atoms with Crippen LogP contribution in [0.5, 0.6) is 0 Å². The van der Waals surface area contributed by atoms with Crippen molar-refractivity contribution in [2.45, 2.75) is 13.8 Å². The van der Waals surface area contributed by atoms with Crippen LogP contribution in [0.15, 0.2) is 25.6 Å². The molecule has 1 heterocycles. The van der Waals surface area contributed by atoms with Crippen molar-refractivity contribution in [2.24, 2.45) is 0 Å². The van der Waals surface area contributed by atoms with Gasteiger partial charge in [-0.05, 0) is 57.8 Å². The zero-order valence-electron chi connectivity index (χ0n) is 11.2. The number of aryl methyl sites for hydroxylation is 1. The van der Waals surface area contributed by atoms with Gasteiger partial charge in [-0.1, -0.05) is 15.9 Å². The minimum absolute atomic E-state index is 0.336. The second-order valence-corrected chi connectivity index (χ2v) is 7.84. The molecule has 0 saturated carbocycles. The monoisotopic (exact) mass is 496 g/mol. The van der Waals surface area contributed by atoms with Crippen LogP contribution in [0, 0.1) is 6.92 Å². The maximum absolute atomic E-state index is 11.8. The number of ether oxygens (including phenoxy) is 1. The van der Waals surface area contributed by atoms with Gasteiger partial charge in [0.2, 0.25) is 0 Å². The number of aromatic nitrogens is 1. The highest BCUT2D eigenvalue weighted by molar-refractivity contribution is 9.11. The molecule has 1 aromatic carbocycles. The number of hydrogen-bond acceptors (Lipinski definition) is 5. The molecule has 0 spiro atoms. The molecule has 0 aliphatic rings. The maximum atomic E-state index is 11.8. The highest BCUT2D eigenvalue weighted by Crippen LogP contribution is 2.37. The molecule has 112 valence electrons. The Morgan fingerprint density at radius 2 is 1.95 bits per heavy atom. The van der Waals surface area contributed by atoms with Crippen molar-refractivity contribution < 1.29 is 9.53 Å². The minimum Gasteiger partial charge on any atom is -0.461 e. The summed E-state index contributed by atoms with van der Waals surface area (Å²) < 4.78 is 7.71. The lowest BCUT2D eigenvalue weighted by Gasteiger charge is -2.08. The van der Waals surface area contributed by atoms with Gasteiger partial charge in [0.1, 0.15) is 0 Å². The molecule has 0 aliphatic heterocycles. The van der Waals surface area contributed by atoms with E-state index in [0.29, 0.717) is 17.4 Å². The Bertz CT molecular complexity index is 665. The molecule has 0 bridgehead atoms. The number of benzene rings is 1. The first kappa shape index (κ1) is 16.9. The number of anilines is 2. The molecule has 0 aliphatic carbocycles. The van der Waals surface area contributed by atoms with E-state index in [4.69, 9.17) is 4.74 Å². The highest BCUT2D eigenvalue weighted by Gasteiger charge is 2.17. The van der Waals surface area contributed by atoms with Crippen molar-refractivity contribution >= 4 is 75.9 Å². The first-order chi connectivity index (χ1) is 9.92. The number of esters is 1. The van der Waals surface area contributed by atoms with Gasteiger partial charge in [0.15, 0.2) is 10.8 Å². The molecule has 4 nitrogen and oxygen atoms in total. The molecule has 0 amide bonds. The van der Waals surface area contributed by atoms with Gasteiger partial charge < -0.3 is 10.1 Å². The zero-order chi connectivity index (χ0) is 15.6. The summed E-state index contributed by atoms with van der Waals surface area (Å²) in [5.41, 5.74) is 1.20. The van der Waals surface area contributed by atoms with Crippen LogP contribution in [-0.2, 0) is 4.74 Å². The van der Waals surface area contributed by atoms with Crippen LogP contribution in [0.25, 0.3) is 0 Å². The van der Waals surface area contributed by atoms with Crippen molar-refractivity contribution in [3.63, 3.8) is 0 Å². The Morgan fingerprint density at radius 3 is 2.52 bits per heavy atom. The van der Waals surface area contributed by atoms with Gasteiger partial charge in [-0.15, -0.1) is 11.3 Å². The van der Waals surface area contributed by atoms with E-state index in [1.54, 1.807) is 6.92 Å². The van der Waals surface area contributed by atoms with E-state index in [9.17, 15) is 4.79 Å². The average Bonchev–Trinajstić information content (AvgIpc) is 2.75. The lowest BCUT2D eigenvalue weighted by molar-refractivity contribution is 0.0519. The van der Waals surface area contributed by atoms with Gasteiger partial charge in [-0.2, -0.15) is 0 Å². The summed E-state index contributed by atoms with van der Waals surface area (Å²) in [5, 5.41) is 3.85. The SMILES string of the molecule is CCOC(=O)c1nc(Nc2c(Br)cc(Br)cc2Br)sc1C. The number of nitrogens with zero attached hydrogens (tertiary/aromatic N) is 1. The van der Waals surface area contributed by atoms with E-state index in [1.165, 1.54) is 11.3 Å². The highest BCUT2D eigenvalue weighted by atomic mass is 79.9. The van der Waals surface area contributed by atoms with E-state index in [2.05, 4.69) is 58.1 Å². The third kappa shape index (κ3) is 4.06. The van der Waals surface area contributed by atoms with Crippen LogP contribution >= 0.6 is 59.1 Å². The first-order valence-electron chi connectivity index (χ1n) is 5.98. The largest absolute Gasteiger partial charge is 0.461 e. The molecule has 1 aromatic heterocycles. The number of hydrogen-bond donors (Lipinski definition) is 1. The van der Waals surface area contributed by atoms with Crippen molar-refractivity contribution in [1.29, 1.82) is 0 Å². The fraction of sp³-hybridized carbons (Fsp3) is 0.231. The van der Waals surface area contributed by atoms with Crippen LogP contribution in [-0.4, -0.2) is 17.6 Å². The standard InChI is InChI=1S/C13H11Br3N2O2S/c1-3-20-12(19)10-6(2)21-13(17-10)18-11-8(15)4-7(14)5-9(11)16/h4-5H,3H2,1-2H3,(H,17,18). The summed E-state index contributed by atoms with van der Waals surface area (Å²) in [6, 6.07) is 3.86. The van der Waals surface area contributed by atoms with Crippen molar-refractivity contribution in [2.75, 3.05) is 11.9 Å².